The molecule has 42 heavy (non-hydrogen) atoms. The molecular weight excluding hydrogens is 581 g/mol. The molecule has 16 heteroatoms. The standard InChI is InChI=1S/C26H32F4N7O4P/c1-6-40-42(41-7-2)13-18(38)37-9-8-15(12-37)36(4)24-16-11-32-23(20(27)21(16)34-25(35-24)39-5)22-19(26(28,29)30)14(3)10-17(31)33-22/h10-11,15H,6-9,12-13H2,1-5H3,(H2,31,33). The van der Waals surface area contributed by atoms with Gasteiger partial charge in [-0.05, 0) is 38.8 Å². The highest BCUT2D eigenvalue weighted by molar-refractivity contribution is 7.48. The molecule has 0 aliphatic carbocycles. The number of nitrogens with two attached hydrogens (primary N) is 1. The number of methoxy groups -OCH3 is 1. The predicted molar refractivity (Wildman–Crippen MR) is 150 cm³/mol. The second-order valence-electron chi connectivity index (χ2n) is 9.52. The van der Waals surface area contributed by atoms with Crippen molar-refractivity contribution in [3.05, 3.63) is 29.2 Å². The van der Waals surface area contributed by atoms with E-state index in [1.807, 2.05) is 13.8 Å². The van der Waals surface area contributed by atoms with E-state index in [4.69, 9.17) is 19.5 Å². The highest BCUT2D eigenvalue weighted by Crippen LogP contribution is 2.41. The number of nitrogens with zero attached hydrogens (tertiary/aromatic N) is 6. The zero-order chi connectivity index (χ0) is 30.8. The fourth-order valence-electron chi connectivity index (χ4n) is 4.86. The minimum Gasteiger partial charge on any atom is -0.467 e. The normalized spacial score (nSPS) is 15.6. The average molecular weight is 614 g/mol. The Kier molecular flexibility index (Phi) is 9.63. The number of ether oxygens (including phenoxy) is 1. The summed E-state index contributed by atoms with van der Waals surface area (Å²) in [6, 6.07) is 0.659. The number of alkyl halides is 3. The van der Waals surface area contributed by atoms with E-state index in [0.717, 1.165) is 6.07 Å². The summed E-state index contributed by atoms with van der Waals surface area (Å²) in [7, 11) is 1.68. The van der Waals surface area contributed by atoms with Gasteiger partial charge in [-0.1, -0.05) is 0 Å². The van der Waals surface area contributed by atoms with Gasteiger partial charge in [-0.25, -0.2) is 9.37 Å². The van der Waals surface area contributed by atoms with Gasteiger partial charge < -0.3 is 29.3 Å². The van der Waals surface area contributed by atoms with Gasteiger partial charge in [-0.3, -0.25) is 9.78 Å². The van der Waals surface area contributed by atoms with E-state index in [0.29, 0.717) is 32.7 Å². The van der Waals surface area contributed by atoms with Gasteiger partial charge in [-0.2, -0.15) is 23.1 Å². The lowest BCUT2D eigenvalue weighted by molar-refractivity contribution is -0.137. The first kappa shape index (κ1) is 31.5. The van der Waals surface area contributed by atoms with Crippen LogP contribution in [0.4, 0.5) is 29.2 Å². The Hall–Kier alpha value is -3.42. The fraction of sp³-hybridized carbons (Fsp3) is 0.500. The molecule has 228 valence electrons. The molecule has 0 spiro atoms. The molecule has 2 N–H and O–H groups in total. The number of aryl methyl sites for hydroxylation is 1. The van der Waals surface area contributed by atoms with Crippen LogP contribution in [0.15, 0.2) is 12.3 Å². The number of carbonyl (C=O) groups is 1. The van der Waals surface area contributed by atoms with E-state index in [9.17, 15) is 18.0 Å². The van der Waals surface area contributed by atoms with Crippen LogP contribution in [0.25, 0.3) is 22.3 Å². The highest BCUT2D eigenvalue weighted by Gasteiger charge is 2.38. The fourth-order valence-corrected chi connectivity index (χ4v) is 6.11. The van der Waals surface area contributed by atoms with Gasteiger partial charge in [0.1, 0.15) is 28.5 Å². The third-order valence-electron chi connectivity index (χ3n) is 6.78. The van der Waals surface area contributed by atoms with Gasteiger partial charge in [0, 0.05) is 32.4 Å². The lowest BCUT2D eigenvalue weighted by Crippen LogP contribution is -2.38. The molecule has 1 fully saturated rings. The second-order valence-corrected chi connectivity index (χ2v) is 11.0. The lowest BCUT2D eigenvalue weighted by Gasteiger charge is -2.27. The van der Waals surface area contributed by atoms with Crippen molar-refractivity contribution in [3.8, 4) is 17.4 Å². The van der Waals surface area contributed by atoms with Crippen LogP contribution in [0, 0.1) is 12.7 Å². The molecule has 3 aromatic heterocycles. The van der Waals surface area contributed by atoms with E-state index >= 15 is 4.39 Å². The van der Waals surface area contributed by atoms with Crippen LogP contribution in [-0.2, 0) is 20.0 Å². The van der Waals surface area contributed by atoms with Crippen molar-refractivity contribution in [1.29, 1.82) is 0 Å². The van der Waals surface area contributed by atoms with Gasteiger partial charge in [0.05, 0.1) is 37.4 Å². The lowest BCUT2D eigenvalue weighted by atomic mass is 10.0. The SMILES string of the molecule is CCOP(CC(=O)N1CCC(N(C)c2nc(OC)nc3c(F)c(-c4nc(N)cc(C)c4C(F)(F)F)ncc23)C1)OCC. The monoisotopic (exact) mass is 613 g/mol. The van der Waals surface area contributed by atoms with Crippen molar-refractivity contribution in [2.45, 2.75) is 39.4 Å². The quantitative estimate of drug-likeness (QED) is 0.257. The number of nitrogen functional groups attached to an aromatic ring is 1. The van der Waals surface area contributed by atoms with Gasteiger partial charge in [0.2, 0.25) is 5.91 Å². The van der Waals surface area contributed by atoms with Crippen molar-refractivity contribution in [2.24, 2.45) is 0 Å². The van der Waals surface area contributed by atoms with Crippen molar-refractivity contribution in [2.75, 3.05) is 57.3 Å². The van der Waals surface area contributed by atoms with Crippen LogP contribution in [-0.4, -0.2) is 83.4 Å². The third kappa shape index (κ3) is 6.47. The molecule has 0 bridgehead atoms. The number of carbonyl (C=O) groups excluding carboxylic acids is 1. The van der Waals surface area contributed by atoms with E-state index in [-0.39, 0.29) is 52.2 Å². The van der Waals surface area contributed by atoms with Crippen LogP contribution >= 0.6 is 8.38 Å². The molecule has 4 rings (SSSR count). The zero-order valence-electron chi connectivity index (χ0n) is 23.8. The maximum absolute atomic E-state index is 16.0. The molecule has 1 atom stereocenters. The number of hydrogen-bond acceptors (Lipinski definition) is 10. The van der Waals surface area contributed by atoms with Gasteiger partial charge in [0.25, 0.3) is 0 Å². The molecule has 1 amide bonds. The summed E-state index contributed by atoms with van der Waals surface area (Å²) in [6.07, 6.45) is -2.91. The summed E-state index contributed by atoms with van der Waals surface area (Å²) in [4.78, 5) is 32.7. The third-order valence-corrected chi connectivity index (χ3v) is 8.40. The van der Waals surface area contributed by atoms with Crippen molar-refractivity contribution in [1.82, 2.24) is 24.8 Å². The number of hydrogen-bond donors (Lipinski definition) is 1. The Labute approximate surface area is 241 Å². The van der Waals surface area contributed by atoms with Gasteiger partial charge in [0.15, 0.2) is 14.2 Å². The first-order valence-electron chi connectivity index (χ1n) is 13.2. The molecule has 1 aliphatic heterocycles. The van der Waals surface area contributed by atoms with Crippen LogP contribution in [0.2, 0.25) is 0 Å². The van der Waals surface area contributed by atoms with Crippen molar-refractivity contribution in [3.63, 3.8) is 0 Å². The summed E-state index contributed by atoms with van der Waals surface area (Å²) in [6.45, 7) is 6.60. The summed E-state index contributed by atoms with van der Waals surface area (Å²) in [5, 5.41) is 0.148. The zero-order valence-corrected chi connectivity index (χ0v) is 24.7. The van der Waals surface area contributed by atoms with Crippen LogP contribution < -0.4 is 15.4 Å². The summed E-state index contributed by atoms with van der Waals surface area (Å²) in [5.74, 6) is -1.21. The molecule has 4 heterocycles. The molecular formula is C26H32F4N7O4P. The first-order valence-corrected chi connectivity index (χ1v) is 14.5. The number of likely N-dealkylation sites (N-methyl/N-ethyl adjacent to an activating group) is 1. The second kappa shape index (κ2) is 12.8. The number of aromatic nitrogens is 4. The number of likely N-dealkylation sites (tertiary alicyclic amines) is 1. The van der Waals surface area contributed by atoms with Crippen molar-refractivity contribution < 1.29 is 36.1 Å². The Morgan fingerprint density at radius 2 is 1.88 bits per heavy atom. The van der Waals surface area contributed by atoms with E-state index < -0.39 is 37.3 Å². The Morgan fingerprint density at radius 1 is 1.19 bits per heavy atom. The van der Waals surface area contributed by atoms with E-state index in [1.165, 1.54) is 20.2 Å². The van der Waals surface area contributed by atoms with Crippen LogP contribution in [0.1, 0.15) is 31.4 Å². The Bertz CT molecular complexity index is 1460. The molecule has 3 aromatic rings. The number of rotatable bonds is 10. The van der Waals surface area contributed by atoms with Crippen molar-refractivity contribution >= 4 is 36.8 Å². The molecule has 1 unspecified atom stereocenters. The maximum atomic E-state index is 16.0. The summed E-state index contributed by atoms with van der Waals surface area (Å²) >= 11 is 0. The average Bonchev–Trinajstić information content (AvgIpc) is 3.42. The molecule has 1 saturated heterocycles. The minimum absolute atomic E-state index is 0.105. The number of anilines is 2. The Morgan fingerprint density at radius 3 is 2.50 bits per heavy atom. The minimum atomic E-state index is -4.84. The smallest absolute Gasteiger partial charge is 0.418 e. The molecule has 11 nitrogen and oxygen atoms in total. The molecule has 0 saturated carbocycles. The maximum Gasteiger partial charge on any atom is 0.418 e. The Balaban J connectivity index is 1.69. The van der Waals surface area contributed by atoms with Crippen LogP contribution in [0.5, 0.6) is 6.01 Å². The topological polar surface area (TPSA) is 129 Å². The molecule has 0 radical (unpaired) electrons. The number of fused-ring (bicyclic) bond motifs is 1. The molecule has 0 aromatic carbocycles. The predicted octanol–water partition coefficient (Wildman–Crippen LogP) is 4.57. The van der Waals surface area contributed by atoms with Gasteiger partial charge in [-0.15, -0.1) is 0 Å². The van der Waals surface area contributed by atoms with Crippen LogP contribution in [0.3, 0.4) is 0 Å². The summed E-state index contributed by atoms with van der Waals surface area (Å²) < 4.78 is 74.1. The largest absolute Gasteiger partial charge is 0.467 e. The van der Waals surface area contributed by atoms with Gasteiger partial charge >= 0.3 is 12.2 Å². The summed E-state index contributed by atoms with van der Waals surface area (Å²) in [5.41, 5.74) is 2.66. The highest BCUT2D eigenvalue weighted by atomic mass is 31.2. The van der Waals surface area contributed by atoms with E-state index in [2.05, 4.69) is 19.9 Å². The van der Waals surface area contributed by atoms with E-state index in [1.54, 1.807) is 16.8 Å². The molecule has 1 aliphatic rings. The number of amides is 1. The number of pyridine rings is 2. The number of halogens is 4. The first-order chi connectivity index (χ1) is 19.9.